The van der Waals surface area contributed by atoms with Gasteiger partial charge in [-0.15, -0.1) is 0 Å². The van der Waals surface area contributed by atoms with Crippen molar-refractivity contribution < 1.29 is 17.9 Å². The molecule has 0 aromatic heterocycles. The first kappa shape index (κ1) is 16.4. The minimum atomic E-state index is -3.53. The van der Waals surface area contributed by atoms with E-state index in [2.05, 4.69) is 0 Å². The van der Waals surface area contributed by atoms with Gasteiger partial charge in [-0.1, -0.05) is 30.3 Å². The third-order valence-corrected chi connectivity index (χ3v) is 4.58. The molecule has 21 heavy (non-hydrogen) atoms. The Balaban J connectivity index is 1.89. The molecule has 1 fully saturated rings. The number of hydrogen-bond acceptors (Lipinski definition) is 4. The first-order chi connectivity index (χ1) is 10.0. The number of sulfonamides is 1. The second-order valence-corrected chi connectivity index (χ2v) is 7.19. The maximum Gasteiger partial charge on any atom is 0.209 e. The van der Waals surface area contributed by atoms with Crippen LogP contribution in [0.25, 0.3) is 0 Å². The Labute approximate surface area is 126 Å². The van der Waals surface area contributed by atoms with E-state index in [4.69, 9.17) is 14.6 Å². The van der Waals surface area contributed by atoms with E-state index in [1.807, 2.05) is 30.3 Å². The highest BCUT2D eigenvalue weighted by Crippen LogP contribution is 2.20. The lowest BCUT2D eigenvalue weighted by Crippen LogP contribution is -2.26. The number of ether oxygens (including phenoxy) is 2. The van der Waals surface area contributed by atoms with Gasteiger partial charge in [0.25, 0.3) is 0 Å². The maximum atomic E-state index is 11.4. The number of benzene rings is 1. The van der Waals surface area contributed by atoms with Gasteiger partial charge in [-0.05, 0) is 24.3 Å². The molecule has 0 bridgehead atoms. The van der Waals surface area contributed by atoms with Crippen molar-refractivity contribution in [2.24, 2.45) is 11.1 Å². The molecule has 0 aliphatic carbocycles. The van der Waals surface area contributed by atoms with Gasteiger partial charge in [0, 0.05) is 25.7 Å². The fourth-order valence-corrected chi connectivity index (χ4v) is 3.39. The molecule has 0 spiro atoms. The van der Waals surface area contributed by atoms with Gasteiger partial charge in [0.15, 0.2) is 0 Å². The van der Waals surface area contributed by atoms with Crippen LogP contribution in [0.1, 0.15) is 24.3 Å². The molecule has 0 amide bonds. The molecule has 0 saturated carbocycles. The summed E-state index contributed by atoms with van der Waals surface area (Å²) in [6, 6.07) is 9.51. The summed E-state index contributed by atoms with van der Waals surface area (Å²) in [6.45, 7) is 2.59. The molecule has 6 heteroatoms. The lowest BCUT2D eigenvalue weighted by molar-refractivity contribution is 0.0182. The lowest BCUT2D eigenvalue weighted by Gasteiger charge is -2.23. The Hall–Kier alpha value is -0.950. The highest BCUT2D eigenvalue weighted by molar-refractivity contribution is 7.89. The van der Waals surface area contributed by atoms with Crippen molar-refractivity contribution >= 4 is 10.0 Å². The summed E-state index contributed by atoms with van der Waals surface area (Å²) in [5, 5.41) is 5.19. The van der Waals surface area contributed by atoms with E-state index in [9.17, 15) is 8.42 Å². The maximum absolute atomic E-state index is 11.4. The standard InChI is InChI=1S/C15H23NO4S/c16-21(17,18)12-15(14-4-2-1-3-5-14)11-20-10-13-6-8-19-9-7-13/h1-5,13,15H,6-12H2,(H2,16,17,18). The highest BCUT2D eigenvalue weighted by atomic mass is 32.2. The first-order valence-electron chi connectivity index (χ1n) is 7.25. The van der Waals surface area contributed by atoms with Crippen molar-refractivity contribution in [3.05, 3.63) is 35.9 Å². The summed E-state index contributed by atoms with van der Waals surface area (Å²) in [6.07, 6.45) is 2.01. The molecule has 1 aromatic rings. The van der Waals surface area contributed by atoms with Crippen LogP contribution >= 0.6 is 0 Å². The molecule has 0 radical (unpaired) electrons. The van der Waals surface area contributed by atoms with Gasteiger partial charge in [-0.25, -0.2) is 13.6 Å². The number of hydrogen-bond donors (Lipinski definition) is 1. The predicted octanol–water partition coefficient (Wildman–Crippen LogP) is 1.50. The number of primary sulfonamides is 1. The van der Waals surface area contributed by atoms with Crippen molar-refractivity contribution in [3.63, 3.8) is 0 Å². The fourth-order valence-electron chi connectivity index (χ4n) is 2.54. The Morgan fingerprint density at radius 3 is 2.52 bits per heavy atom. The highest BCUT2D eigenvalue weighted by Gasteiger charge is 2.20. The third-order valence-electron chi connectivity index (χ3n) is 3.72. The van der Waals surface area contributed by atoms with Crippen LogP contribution in [0.5, 0.6) is 0 Å². The van der Waals surface area contributed by atoms with Gasteiger partial charge in [0.2, 0.25) is 10.0 Å². The van der Waals surface area contributed by atoms with Gasteiger partial charge < -0.3 is 9.47 Å². The minimum absolute atomic E-state index is 0.0925. The second kappa shape index (κ2) is 7.89. The summed E-state index contributed by atoms with van der Waals surface area (Å²) >= 11 is 0. The van der Waals surface area contributed by atoms with Crippen molar-refractivity contribution in [3.8, 4) is 0 Å². The van der Waals surface area contributed by atoms with E-state index in [1.165, 1.54) is 0 Å². The molecular weight excluding hydrogens is 290 g/mol. The molecule has 1 atom stereocenters. The zero-order valence-electron chi connectivity index (χ0n) is 12.1. The van der Waals surface area contributed by atoms with E-state index >= 15 is 0 Å². The van der Waals surface area contributed by atoms with Gasteiger partial charge >= 0.3 is 0 Å². The van der Waals surface area contributed by atoms with Gasteiger partial charge in [0.1, 0.15) is 0 Å². The lowest BCUT2D eigenvalue weighted by atomic mass is 10.0. The van der Waals surface area contributed by atoms with E-state index in [0.29, 0.717) is 19.1 Å². The van der Waals surface area contributed by atoms with Crippen LogP contribution in [0, 0.1) is 5.92 Å². The van der Waals surface area contributed by atoms with E-state index in [1.54, 1.807) is 0 Å². The molecule has 1 aliphatic rings. The Morgan fingerprint density at radius 2 is 1.90 bits per heavy atom. The summed E-state index contributed by atoms with van der Waals surface area (Å²) in [5.41, 5.74) is 0.943. The van der Waals surface area contributed by atoms with Crippen LogP contribution < -0.4 is 5.14 Å². The van der Waals surface area contributed by atoms with Crippen LogP contribution in [-0.2, 0) is 19.5 Å². The number of nitrogens with two attached hydrogens (primary N) is 1. The molecule has 2 rings (SSSR count). The minimum Gasteiger partial charge on any atom is -0.381 e. The summed E-state index contributed by atoms with van der Waals surface area (Å²) < 4.78 is 33.8. The monoisotopic (exact) mass is 313 g/mol. The third kappa shape index (κ3) is 6.13. The van der Waals surface area contributed by atoms with E-state index in [0.717, 1.165) is 31.6 Å². The first-order valence-corrected chi connectivity index (χ1v) is 8.97. The molecule has 1 saturated heterocycles. The molecular formula is C15H23NO4S. The normalized spacial score (nSPS) is 18.5. The molecule has 1 aromatic carbocycles. The topological polar surface area (TPSA) is 78.6 Å². The molecule has 118 valence electrons. The van der Waals surface area contributed by atoms with Gasteiger partial charge in [0.05, 0.1) is 12.4 Å². The smallest absolute Gasteiger partial charge is 0.209 e. The zero-order valence-corrected chi connectivity index (χ0v) is 12.9. The quantitative estimate of drug-likeness (QED) is 0.827. The van der Waals surface area contributed by atoms with Gasteiger partial charge in [-0.3, -0.25) is 0 Å². The summed E-state index contributed by atoms with van der Waals surface area (Å²) in [5.74, 6) is 0.191. The van der Waals surface area contributed by atoms with E-state index in [-0.39, 0.29) is 11.7 Å². The van der Waals surface area contributed by atoms with Gasteiger partial charge in [-0.2, -0.15) is 0 Å². The Bertz CT molecular complexity index is 512. The fraction of sp³-hybridized carbons (Fsp3) is 0.600. The molecule has 1 unspecified atom stereocenters. The van der Waals surface area contributed by atoms with Crippen LogP contribution in [0.4, 0.5) is 0 Å². The Morgan fingerprint density at radius 1 is 1.24 bits per heavy atom. The van der Waals surface area contributed by atoms with Crippen LogP contribution in [0.3, 0.4) is 0 Å². The molecule has 2 N–H and O–H groups in total. The van der Waals surface area contributed by atoms with Crippen molar-refractivity contribution in [1.29, 1.82) is 0 Å². The second-order valence-electron chi connectivity index (χ2n) is 5.53. The zero-order chi connectivity index (χ0) is 15.1. The summed E-state index contributed by atoms with van der Waals surface area (Å²) in [7, 11) is -3.53. The Kier molecular flexibility index (Phi) is 6.17. The van der Waals surface area contributed by atoms with Crippen LogP contribution in [0.2, 0.25) is 0 Å². The summed E-state index contributed by atoms with van der Waals surface area (Å²) in [4.78, 5) is 0. The van der Waals surface area contributed by atoms with Crippen LogP contribution in [0.15, 0.2) is 30.3 Å². The van der Waals surface area contributed by atoms with Crippen molar-refractivity contribution in [1.82, 2.24) is 0 Å². The van der Waals surface area contributed by atoms with Crippen molar-refractivity contribution in [2.75, 3.05) is 32.2 Å². The molecule has 5 nitrogen and oxygen atoms in total. The molecule has 1 aliphatic heterocycles. The number of rotatable bonds is 7. The van der Waals surface area contributed by atoms with Crippen molar-refractivity contribution in [2.45, 2.75) is 18.8 Å². The average molecular weight is 313 g/mol. The SMILES string of the molecule is NS(=O)(=O)CC(COCC1CCOCC1)c1ccccc1. The largest absolute Gasteiger partial charge is 0.381 e. The average Bonchev–Trinajstić information content (AvgIpc) is 2.47. The van der Waals surface area contributed by atoms with E-state index < -0.39 is 10.0 Å². The molecule has 1 heterocycles. The van der Waals surface area contributed by atoms with Crippen LogP contribution in [-0.4, -0.2) is 40.6 Å². The predicted molar refractivity (Wildman–Crippen MR) is 81.5 cm³/mol.